The molecule has 1 atom stereocenters. The number of nitrogens with zero attached hydrogens (tertiary/aromatic N) is 4. The number of rotatable bonds is 5. The molecule has 12 heteroatoms. The predicted octanol–water partition coefficient (Wildman–Crippen LogP) is 3.35. The Labute approximate surface area is 183 Å². The van der Waals surface area contributed by atoms with Crippen LogP contribution in [0.3, 0.4) is 0 Å². The molecule has 3 heterocycles. The van der Waals surface area contributed by atoms with Gasteiger partial charge < -0.3 is 15.0 Å². The minimum absolute atomic E-state index is 0.173. The van der Waals surface area contributed by atoms with Crippen LogP contribution < -0.4 is 5.32 Å². The molecule has 0 bridgehead atoms. The van der Waals surface area contributed by atoms with Crippen LogP contribution in [-0.2, 0) is 14.3 Å². The number of carbonyl (C=O) groups is 2. The number of ether oxygens (including phenoxy) is 1. The van der Waals surface area contributed by atoms with Crippen LogP contribution in [0.15, 0.2) is 61.1 Å². The number of nitriles is 1. The molecule has 0 spiro atoms. The fourth-order valence-electron chi connectivity index (χ4n) is 3.03. The number of halogens is 3. The highest BCUT2D eigenvalue weighted by Gasteiger charge is 2.43. The Hall–Kier alpha value is -4.66. The molecule has 1 aromatic carbocycles. The van der Waals surface area contributed by atoms with Gasteiger partial charge in [-0.05, 0) is 30.3 Å². The third-order valence-electron chi connectivity index (χ3n) is 4.51. The molecule has 4 rings (SSSR count). The summed E-state index contributed by atoms with van der Waals surface area (Å²) in [5.41, 5.74) is 2.80. The number of hydrogen-bond acceptors (Lipinski definition) is 6. The number of alkyl halides is 3. The molecule has 3 aromatic heterocycles. The van der Waals surface area contributed by atoms with Crippen LogP contribution in [0.5, 0.6) is 0 Å². The van der Waals surface area contributed by atoms with Crippen molar-refractivity contribution in [1.82, 2.24) is 19.7 Å². The van der Waals surface area contributed by atoms with Crippen molar-refractivity contribution in [2.75, 3.05) is 5.32 Å². The Balaban J connectivity index is 1.53. The van der Waals surface area contributed by atoms with Gasteiger partial charge in [0.25, 0.3) is 12.0 Å². The van der Waals surface area contributed by atoms with Crippen molar-refractivity contribution in [3.8, 4) is 23.0 Å². The van der Waals surface area contributed by atoms with Gasteiger partial charge in [-0.3, -0.25) is 4.79 Å². The topological polar surface area (TPSA) is 126 Å². The highest BCUT2D eigenvalue weighted by atomic mass is 19.4. The smallest absolute Gasteiger partial charge is 0.430 e. The van der Waals surface area contributed by atoms with E-state index in [1.54, 1.807) is 47.5 Å². The summed E-state index contributed by atoms with van der Waals surface area (Å²) in [6.07, 6.45) is -2.45. The molecule has 1 unspecified atom stereocenters. The van der Waals surface area contributed by atoms with Crippen LogP contribution in [0.25, 0.3) is 28.0 Å². The number of hydrogen-bond donors (Lipinski definition) is 2. The molecule has 4 aromatic rings. The second-order valence-electron chi connectivity index (χ2n) is 6.70. The van der Waals surface area contributed by atoms with Crippen molar-refractivity contribution in [3.05, 3.63) is 61.1 Å². The largest absolute Gasteiger partial charge is 0.490 e. The molecule has 2 N–H and O–H groups in total. The van der Waals surface area contributed by atoms with E-state index in [1.165, 1.54) is 18.2 Å². The van der Waals surface area contributed by atoms with E-state index < -0.39 is 24.2 Å². The van der Waals surface area contributed by atoms with E-state index in [-0.39, 0.29) is 5.69 Å². The second kappa shape index (κ2) is 8.46. The minimum Gasteiger partial charge on any atom is -0.430 e. The SMILES string of the molecule is N#CC(OC(=O)C(F)(F)F)C(=O)Nc1cccc(-c2ccn(-c3ccnc4[nH]ccc34)n2)c1. The van der Waals surface area contributed by atoms with E-state index in [4.69, 9.17) is 5.26 Å². The monoisotopic (exact) mass is 454 g/mol. The first kappa shape index (κ1) is 21.6. The van der Waals surface area contributed by atoms with E-state index in [9.17, 15) is 22.8 Å². The van der Waals surface area contributed by atoms with Crippen molar-refractivity contribution in [1.29, 1.82) is 5.26 Å². The zero-order chi connectivity index (χ0) is 23.6. The number of benzene rings is 1. The third-order valence-corrected chi connectivity index (χ3v) is 4.51. The first-order chi connectivity index (χ1) is 15.8. The number of carbonyl (C=O) groups excluding carboxylic acids is 2. The molecule has 0 aliphatic heterocycles. The van der Waals surface area contributed by atoms with Crippen molar-refractivity contribution < 1.29 is 27.5 Å². The highest BCUT2D eigenvalue weighted by molar-refractivity contribution is 5.97. The molecule has 166 valence electrons. The van der Waals surface area contributed by atoms with Crippen LogP contribution in [0, 0.1) is 11.3 Å². The summed E-state index contributed by atoms with van der Waals surface area (Å²) < 4.78 is 42.6. The second-order valence-corrected chi connectivity index (χ2v) is 6.70. The number of esters is 1. The van der Waals surface area contributed by atoms with E-state index in [2.05, 4.69) is 25.1 Å². The molecule has 33 heavy (non-hydrogen) atoms. The Kier molecular flexibility index (Phi) is 5.53. The number of pyridine rings is 1. The first-order valence-electron chi connectivity index (χ1n) is 9.33. The molecular formula is C21H13F3N6O3. The lowest BCUT2D eigenvalue weighted by Crippen LogP contribution is -2.36. The zero-order valence-electron chi connectivity index (χ0n) is 16.5. The Morgan fingerprint density at radius 3 is 2.79 bits per heavy atom. The van der Waals surface area contributed by atoms with Crippen LogP contribution in [0.4, 0.5) is 18.9 Å². The summed E-state index contributed by atoms with van der Waals surface area (Å²) in [7, 11) is 0. The molecule has 0 aliphatic rings. The molecule has 0 fully saturated rings. The fraction of sp³-hybridized carbons (Fsp3) is 0.0952. The van der Waals surface area contributed by atoms with Gasteiger partial charge in [0.2, 0.25) is 0 Å². The maximum absolute atomic E-state index is 12.3. The molecular weight excluding hydrogens is 441 g/mol. The Bertz CT molecular complexity index is 1390. The highest BCUT2D eigenvalue weighted by Crippen LogP contribution is 2.25. The lowest BCUT2D eigenvalue weighted by atomic mass is 10.1. The number of nitrogens with one attached hydrogen (secondary N) is 2. The fourth-order valence-corrected chi connectivity index (χ4v) is 3.03. The molecule has 0 aliphatic carbocycles. The van der Waals surface area contributed by atoms with Crippen molar-refractivity contribution in [2.24, 2.45) is 0 Å². The first-order valence-corrected chi connectivity index (χ1v) is 9.33. The standard InChI is InChI=1S/C21H13F3N6O3/c22-21(23,24)20(32)33-17(11-25)19(31)28-13-3-1-2-12(10-13)15-6-9-30(29-15)16-5-8-27-18-14(16)4-7-26-18/h1-10,17H,(H,26,27)(H,28,31). The van der Waals surface area contributed by atoms with Gasteiger partial charge in [-0.2, -0.15) is 23.5 Å². The van der Waals surface area contributed by atoms with Gasteiger partial charge in [0.05, 0.1) is 11.4 Å². The number of H-pyrrole nitrogens is 1. The minimum atomic E-state index is -5.32. The number of aromatic amines is 1. The van der Waals surface area contributed by atoms with Crippen molar-refractivity contribution in [2.45, 2.75) is 12.3 Å². The average molecular weight is 454 g/mol. The lowest BCUT2D eigenvalue weighted by Gasteiger charge is -2.13. The number of anilines is 1. The van der Waals surface area contributed by atoms with E-state index in [1.807, 2.05) is 6.07 Å². The van der Waals surface area contributed by atoms with Crippen molar-refractivity contribution >= 4 is 28.6 Å². The van der Waals surface area contributed by atoms with Gasteiger partial charge in [0.1, 0.15) is 11.7 Å². The summed E-state index contributed by atoms with van der Waals surface area (Å²) in [5, 5.41) is 16.6. The van der Waals surface area contributed by atoms with Gasteiger partial charge in [-0.25, -0.2) is 14.5 Å². The predicted molar refractivity (Wildman–Crippen MR) is 109 cm³/mol. The lowest BCUT2D eigenvalue weighted by molar-refractivity contribution is -0.202. The van der Waals surface area contributed by atoms with E-state index in [0.717, 1.165) is 11.1 Å². The number of amides is 1. The van der Waals surface area contributed by atoms with Gasteiger partial charge in [0, 0.05) is 35.2 Å². The van der Waals surface area contributed by atoms with Crippen LogP contribution in [0.1, 0.15) is 0 Å². The van der Waals surface area contributed by atoms with Crippen LogP contribution in [-0.4, -0.2) is 43.9 Å². The van der Waals surface area contributed by atoms with Crippen LogP contribution >= 0.6 is 0 Å². The number of aromatic nitrogens is 4. The summed E-state index contributed by atoms with van der Waals surface area (Å²) in [4.78, 5) is 30.3. The van der Waals surface area contributed by atoms with Gasteiger partial charge in [0.15, 0.2) is 0 Å². The average Bonchev–Trinajstić information content (AvgIpc) is 3.46. The van der Waals surface area contributed by atoms with Gasteiger partial charge in [-0.1, -0.05) is 12.1 Å². The molecule has 9 nitrogen and oxygen atoms in total. The molecule has 0 saturated carbocycles. The normalized spacial score (nSPS) is 12.2. The van der Waals surface area contributed by atoms with E-state index >= 15 is 0 Å². The molecule has 0 radical (unpaired) electrons. The molecule has 0 saturated heterocycles. The third kappa shape index (κ3) is 4.52. The Morgan fingerprint density at radius 1 is 1.21 bits per heavy atom. The van der Waals surface area contributed by atoms with Gasteiger partial charge in [-0.15, -0.1) is 0 Å². The summed E-state index contributed by atoms with van der Waals surface area (Å²) >= 11 is 0. The van der Waals surface area contributed by atoms with Crippen LogP contribution in [0.2, 0.25) is 0 Å². The quantitative estimate of drug-likeness (QED) is 0.446. The summed E-state index contributed by atoms with van der Waals surface area (Å²) in [6.45, 7) is 0. The van der Waals surface area contributed by atoms with E-state index in [0.29, 0.717) is 16.9 Å². The maximum atomic E-state index is 12.3. The molecule has 1 amide bonds. The number of fused-ring (bicyclic) bond motifs is 1. The van der Waals surface area contributed by atoms with Gasteiger partial charge >= 0.3 is 12.1 Å². The Morgan fingerprint density at radius 2 is 2.03 bits per heavy atom. The summed E-state index contributed by atoms with van der Waals surface area (Å²) in [5.74, 6) is -3.85. The maximum Gasteiger partial charge on any atom is 0.490 e. The zero-order valence-corrected chi connectivity index (χ0v) is 16.5. The summed E-state index contributed by atoms with van der Waals surface area (Å²) in [6, 6.07) is 12.9. The van der Waals surface area contributed by atoms with Crippen molar-refractivity contribution in [3.63, 3.8) is 0 Å².